The average Bonchev–Trinajstić information content (AvgIpc) is 2.86. The highest BCUT2D eigenvalue weighted by molar-refractivity contribution is 7.90. The van der Waals surface area contributed by atoms with Crippen molar-refractivity contribution in [2.24, 2.45) is 0 Å². The number of hydrogen-bond acceptors (Lipinski definition) is 9. The highest BCUT2D eigenvalue weighted by atomic mass is 32.2. The van der Waals surface area contributed by atoms with Crippen molar-refractivity contribution >= 4 is 43.8 Å². The molecule has 4 aromatic rings. The fraction of sp³-hybridized carbons (Fsp3) is 0.240. The second-order valence-corrected chi connectivity index (χ2v) is 11.1. The maximum atomic E-state index is 15.3. The van der Waals surface area contributed by atoms with Gasteiger partial charge in [0.2, 0.25) is 11.8 Å². The smallest absolute Gasteiger partial charge is 0.237 e. The van der Waals surface area contributed by atoms with Gasteiger partial charge in [-0.05, 0) is 43.2 Å². The van der Waals surface area contributed by atoms with Crippen molar-refractivity contribution in [3.8, 4) is 17.0 Å². The summed E-state index contributed by atoms with van der Waals surface area (Å²) in [4.78, 5) is 13.2. The van der Waals surface area contributed by atoms with Crippen LogP contribution in [0.3, 0.4) is 0 Å². The molecule has 0 saturated heterocycles. The summed E-state index contributed by atoms with van der Waals surface area (Å²) in [6, 6.07) is 8.62. The fourth-order valence-electron chi connectivity index (χ4n) is 4.14. The van der Waals surface area contributed by atoms with E-state index in [1.54, 1.807) is 43.5 Å². The largest absolute Gasteiger partial charge is 0.474 e. The van der Waals surface area contributed by atoms with Gasteiger partial charge in [-0.1, -0.05) is 12.1 Å². The monoisotopic (exact) mass is 508 g/mol. The molecule has 0 amide bonds. The first-order valence-electron chi connectivity index (χ1n) is 11.3. The van der Waals surface area contributed by atoms with Crippen LogP contribution in [0, 0.1) is 12.7 Å². The van der Waals surface area contributed by atoms with E-state index in [1.807, 2.05) is 6.92 Å². The van der Waals surface area contributed by atoms with Crippen LogP contribution in [0.2, 0.25) is 0 Å². The fourth-order valence-corrected chi connectivity index (χ4v) is 4.79. The van der Waals surface area contributed by atoms with E-state index in [2.05, 4.69) is 25.6 Å². The molecule has 2 aromatic carbocycles. The Balaban J connectivity index is 1.50. The molecule has 1 aliphatic heterocycles. The van der Waals surface area contributed by atoms with E-state index in [1.165, 1.54) is 12.5 Å². The highest BCUT2D eigenvalue weighted by Gasteiger charge is 2.21. The number of nitrogen functional groups attached to an aromatic ring is 1. The molecule has 0 radical (unpaired) electrons. The molecule has 1 atom stereocenters. The molecule has 4 N–H and O–H groups in total. The van der Waals surface area contributed by atoms with Crippen molar-refractivity contribution in [3.05, 3.63) is 59.7 Å². The number of nitrogens with two attached hydrogens (primary N) is 1. The zero-order chi connectivity index (χ0) is 25.6. The van der Waals surface area contributed by atoms with Gasteiger partial charge in [-0.15, -0.1) is 0 Å². The number of nitrogens with zero attached hydrogens (tertiary/aromatic N) is 3. The summed E-state index contributed by atoms with van der Waals surface area (Å²) in [5.74, 6) is 0.213. The van der Waals surface area contributed by atoms with Crippen molar-refractivity contribution in [1.29, 1.82) is 0 Å². The van der Waals surface area contributed by atoms with Gasteiger partial charge in [-0.3, -0.25) is 0 Å². The predicted molar refractivity (Wildman–Crippen MR) is 139 cm³/mol. The van der Waals surface area contributed by atoms with Crippen LogP contribution < -0.4 is 21.1 Å². The molecule has 0 fully saturated rings. The Morgan fingerprint density at radius 1 is 1.17 bits per heavy atom. The third-order valence-corrected chi connectivity index (χ3v) is 7.93. The Hall–Kier alpha value is -3.99. The van der Waals surface area contributed by atoms with Gasteiger partial charge in [-0.2, -0.15) is 0 Å². The van der Waals surface area contributed by atoms with E-state index in [0.29, 0.717) is 52.7 Å². The molecule has 5 rings (SSSR count). The van der Waals surface area contributed by atoms with Crippen LogP contribution >= 0.6 is 0 Å². The van der Waals surface area contributed by atoms with Crippen LogP contribution in [0.1, 0.15) is 23.3 Å². The molecule has 0 bridgehead atoms. The van der Waals surface area contributed by atoms with Gasteiger partial charge in [0, 0.05) is 47.4 Å². The third kappa shape index (κ3) is 4.26. The van der Waals surface area contributed by atoms with Gasteiger partial charge in [0.05, 0.1) is 16.5 Å². The number of nitrogens with one attached hydrogen (secondary N) is 2. The molecule has 2 aromatic heterocycles. The maximum Gasteiger partial charge on any atom is 0.237 e. The van der Waals surface area contributed by atoms with E-state index >= 15 is 4.39 Å². The number of hydrogen-bond donors (Lipinski definition) is 3. The van der Waals surface area contributed by atoms with Gasteiger partial charge in [0.1, 0.15) is 12.3 Å². The second kappa shape index (κ2) is 8.90. The number of benzene rings is 2. The summed E-state index contributed by atoms with van der Waals surface area (Å²) in [7, 11) is -3.20. The zero-order valence-electron chi connectivity index (χ0n) is 20.0. The van der Waals surface area contributed by atoms with Crippen LogP contribution in [0.4, 0.5) is 27.4 Å². The van der Waals surface area contributed by atoms with Crippen molar-refractivity contribution < 1.29 is 17.5 Å². The molecule has 11 heteroatoms. The Bertz CT molecular complexity index is 1590. The van der Waals surface area contributed by atoms with Gasteiger partial charge in [-0.25, -0.2) is 27.8 Å². The van der Waals surface area contributed by atoms with Crippen molar-refractivity contribution in [3.63, 3.8) is 0 Å². The number of fused-ring (bicyclic) bond motifs is 2. The lowest BCUT2D eigenvalue weighted by atomic mass is 9.98. The predicted octanol–water partition coefficient (Wildman–Crippen LogP) is 4.38. The summed E-state index contributed by atoms with van der Waals surface area (Å²) in [6.07, 6.45) is 4.26. The number of anilines is 4. The normalized spacial score (nSPS) is 14.0. The summed E-state index contributed by atoms with van der Waals surface area (Å²) in [5.41, 5.74) is 10.3. The van der Waals surface area contributed by atoms with Crippen LogP contribution in [0.5, 0.6) is 5.88 Å². The standard InChI is InChI=1S/C25H25FN6O3S/c1-13-18(11-29-24-23(13)28-8-9-35-24)17-10-20-19(22(27)21(17)26)12-30-25(32-20)31-16-6-4-15(5-7-16)14(2)36(3,33)34/h4-7,10-12,14,28H,8-9,27H2,1-3H3,(H,30,31,32)/t14-/m0/s1. The number of aromatic nitrogens is 3. The van der Waals surface area contributed by atoms with E-state index < -0.39 is 20.9 Å². The second-order valence-electron chi connectivity index (χ2n) is 8.75. The van der Waals surface area contributed by atoms with Crippen LogP contribution in [-0.2, 0) is 9.84 Å². The van der Waals surface area contributed by atoms with Crippen molar-refractivity contribution in [2.45, 2.75) is 19.1 Å². The molecule has 0 unspecified atom stereocenters. The number of pyridine rings is 1. The lowest BCUT2D eigenvalue weighted by molar-refractivity contribution is 0.310. The Morgan fingerprint density at radius 2 is 1.92 bits per heavy atom. The first kappa shape index (κ1) is 23.7. The lowest BCUT2D eigenvalue weighted by Gasteiger charge is -2.22. The SMILES string of the molecule is Cc1c(-c2cc3nc(Nc4ccc([C@H](C)S(C)(=O)=O)cc4)ncc3c(N)c2F)cnc2c1NCCO2. The van der Waals surface area contributed by atoms with Gasteiger partial charge in [0.25, 0.3) is 0 Å². The third-order valence-electron chi connectivity index (χ3n) is 6.38. The number of ether oxygens (including phenoxy) is 1. The molecular formula is C25H25FN6O3S. The van der Waals surface area contributed by atoms with Crippen LogP contribution in [0.15, 0.2) is 42.7 Å². The molecule has 3 heterocycles. The molecular weight excluding hydrogens is 483 g/mol. The highest BCUT2D eigenvalue weighted by Crippen LogP contribution is 2.39. The first-order valence-corrected chi connectivity index (χ1v) is 13.3. The van der Waals surface area contributed by atoms with Crippen molar-refractivity contribution in [2.75, 3.05) is 35.8 Å². The first-order chi connectivity index (χ1) is 17.1. The maximum absolute atomic E-state index is 15.3. The van der Waals surface area contributed by atoms with E-state index in [-0.39, 0.29) is 11.3 Å². The molecule has 9 nitrogen and oxygen atoms in total. The van der Waals surface area contributed by atoms with Gasteiger partial charge >= 0.3 is 0 Å². The summed E-state index contributed by atoms with van der Waals surface area (Å²) in [5, 5.41) is 6.14. The van der Waals surface area contributed by atoms with E-state index in [0.717, 1.165) is 11.3 Å². The minimum atomic E-state index is -3.20. The Kier molecular flexibility index (Phi) is 5.87. The topological polar surface area (TPSA) is 132 Å². The number of halogens is 1. The van der Waals surface area contributed by atoms with Crippen LogP contribution in [-0.4, -0.2) is 42.8 Å². The van der Waals surface area contributed by atoms with Gasteiger partial charge < -0.3 is 21.1 Å². The minimum absolute atomic E-state index is 0.0468. The molecule has 186 valence electrons. The molecule has 1 aliphatic rings. The minimum Gasteiger partial charge on any atom is -0.474 e. The Morgan fingerprint density at radius 3 is 2.64 bits per heavy atom. The molecule has 0 saturated carbocycles. The van der Waals surface area contributed by atoms with E-state index in [9.17, 15) is 8.42 Å². The molecule has 36 heavy (non-hydrogen) atoms. The zero-order valence-corrected chi connectivity index (χ0v) is 20.8. The lowest BCUT2D eigenvalue weighted by Crippen LogP contribution is -2.20. The average molecular weight is 509 g/mol. The summed E-state index contributed by atoms with van der Waals surface area (Å²) >= 11 is 0. The quantitative estimate of drug-likeness (QED) is 0.336. The summed E-state index contributed by atoms with van der Waals surface area (Å²) < 4.78 is 44.6. The molecule has 0 spiro atoms. The number of sulfone groups is 1. The molecule has 0 aliphatic carbocycles. The Labute approximate surface area is 207 Å². The van der Waals surface area contributed by atoms with Crippen LogP contribution in [0.25, 0.3) is 22.0 Å². The number of rotatable bonds is 5. The summed E-state index contributed by atoms with van der Waals surface area (Å²) in [6.45, 7) is 4.67. The van der Waals surface area contributed by atoms with Gasteiger partial charge in [0.15, 0.2) is 15.7 Å². The van der Waals surface area contributed by atoms with E-state index in [4.69, 9.17) is 10.5 Å². The van der Waals surface area contributed by atoms with Crippen molar-refractivity contribution in [1.82, 2.24) is 15.0 Å².